The van der Waals surface area contributed by atoms with Crippen LogP contribution in [0, 0.1) is 5.82 Å². The summed E-state index contributed by atoms with van der Waals surface area (Å²) in [6, 6.07) is 13.5. The average molecular weight is 304 g/mol. The Morgan fingerprint density at radius 2 is 1.86 bits per heavy atom. The number of hydrogen-bond donors (Lipinski definition) is 0. The maximum atomic E-state index is 13.8. The summed E-state index contributed by atoms with van der Waals surface area (Å²) in [6.45, 7) is 0.628. The summed E-state index contributed by atoms with van der Waals surface area (Å²) >= 11 is 6.24. The molecular formula is C17H15ClFNO. The molecule has 4 heteroatoms. The number of carbonyl (C=O) groups excluding carboxylic acids is 1. The standard InChI is InChI=1S/C17H15ClFNO/c18-14-8-3-1-6-12(14)16-10-5-11-20(16)17(21)13-7-2-4-9-15(13)19/h1-4,6-9,16H,5,10-11H2/t16-/m0/s1. The molecule has 108 valence electrons. The lowest BCUT2D eigenvalue weighted by atomic mass is 10.0. The Bertz CT molecular complexity index is 673. The number of amides is 1. The first-order valence-electron chi connectivity index (χ1n) is 6.98. The Kier molecular flexibility index (Phi) is 3.93. The van der Waals surface area contributed by atoms with Gasteiger partial charge in [0.25, 0.3) is 5.91 Å². The molecule has 0 bridgehead atoms. The fourth-order valence-electron chi connectivity index (χ4n) is 2.87. The van der Waals surface area contributed by atoms with E-state index in [0.717, 1.165) is 18.4 Å². The Morgan fingerprint density at radius 3 is 2.62 bits per heavy atom. The second-order valence-electron chi connectivity index (χ2n) is 5.16. The van der Waals surface area contributed by atoms with Gasteiger partial charge in [-0.05, 0) is 36.6 Å². The monoisotopic (exact) mass is 303 g/mol. The van der Waals surface area contributed by atoms with Crippen LogP contribution >= 0.6 is 11.6 Å². The molecule has 0 radical (unpaired) electrons. The van der Waals surface area contributed by atoms with E-state index in [1.165, 1.54) is 12.1 Å². The number of benzene rings is 2. The molecule has 0 aromatic heterocycles. The number of carbonyl (C=O) groups is 1. The van der Waals surface area contributed by atoms with E-state index in [1.807, 2.05) is 24.3 Å². The van der Waals surface area contributed by atoms with E-state index in [2.05, 4.69) is 0 Å². The van der Waals surface area contributed by atoms with Crippen LogP contribution in [0.1, 0.15) is 34.8 Å². The zero-order valence-electron chi connectivity index (χ0n) is 11.4. The van der Waals surface area contributed by atoms with E-state index in [9.17, 15) is 9.18 Å². The van der Waals surface area contributed by atoms with Gasteiger partial charge in [0.1, 0.15) is 5.82 Å². The first-order valence-corrected chi connectivity index (χ1v) is 7.36. The Hall–Kier alpha value is -1.87. The molecule has 1 saturated heterocycles. The van der Waals surface area contributed by atoms with E-state index in [0.29, 0.717) is 11.6 Å². The zero-order chi connectivity index (χ0) is 14.8. The van der Waals surface area contributed by atoms with Crippen LogP contribution in [0.4, 0.5) is 4.39 Å². The summed E-state index contributed by atoms with van der Waals surface area (Å²) in [5.41, 5.74) is 1.05. The van der Waals surface area contributed by atoms with Crippen LogP contribution in [0.5, 0.6) is 0 Å². The number of nitrogens with zero attached hydrogens (tertiary/aromatic N) is 1. The first kappa shape index (κ1) is 14.1. The summed E-state index contributed by atoms with van der Waals surface area (Å²) in [5.74, 6) is -0.747. The summed E-state index contributed by atoms with van der Waals surface area (Å²) in [4.78, 5) is 14.3. The van der Waals surface area contributed by atoms with Crippen molar-refractivity contribution in [3.63, 3.8) is 0 Å². The van der Waals surface area contributed by atoms with Gasteiger partial charge in [0, 0.05) is 11.6 Å². The van der Waals surface area contributed by atoms with Crippen LogP contribution < -0.4 is 0 Å². The smallest absolute Gasteiger partial charge is 0.257 e. The second-order valence-corrected chi connectivity index (χ2v) is 5.57. The molecular weight excluding hydrogens is 289 g/mol. The number of halogens is 2. The molecule has 1 heterocycles. The van der Waals surface area contributed by atoms with E-state index in [-0.39, 0.29) is 17.5 Å². The molecule has 3 rings (SSSR count). The molecule has 1 amide bonds. The topological polar surface area (TPSA) is 20.3 Å². The van der Waals surface area contributed by atoms with Gasteiger partial charge in [0.2, 0.25) is 0 Å². The SMILES string of the molecule is O=C(c1ccccc1F)N1CCC[C@H]1c1ccccc1Cl. The third-order valence-corrected chi connectivity index (χ3v) is 4.23. The lowest BCUT2D eigenvalue weighted by Crippen LogP contribution is -2.31. The van der Waals surface area contributed by atoms with Crippen LogP contribution in [0.3, 0.4) is 0 Å². The highest BCUT2D eigenvalue weighted by Gasteiger charge is 2.32. The zero-order valence-corrected chi connectivity index (χ0v) is 12.2. The van der Waals surface area contributed by atoms with Gasteiger partial charge in [-0.1, -0.05) is 41.9 Å². The summed E-state index contributed by atoms with van der Waals surface area (Å²) in [6.07, 6.45) is 1.75. The molecule has 2 aromatic rings. The number of rotatable bonds is 2. The van der Waals surface area contributed by atoms with Crippen molar-refractivity contribution in [3.8, 4) is 0 Å². The van der Waals surface area contributed by atoms with Crippen LogP contribution in [0.15, 0.2) is 48.5 Å². The van der Waals surface area contributed by atoms with Crippen molar-refractivity contribution < 1.29 is 9.18 Å². The molecule has 0 saturated carbocycles. The van der Waals surface area contributed by atoms with Crippen molar-refractivity contribution in [2.45, 2.75) is 18.9 Å². The van der Waals surface area contributed by atoms with Gasteiger partial charge in [-0.25, -0.2) is 4.39 Å². The molecule has 1 aliphatic rings. The third-order valence-electron chi connectivity index (χ3n) is 3.88. The van der Waals surface area contributed by atoms with Crippen molar-refractivity contribution in [2.75, 3.05) is 6.54 Å². The van der Waals surface area contributed by atoms with Crippen molar-refractivity contribution >= 4 is 17.5 Å². The molecule has 0 spiro atoms. The summed E-state index contributed by atoms with van der Waals surface area (Å²) in [5, 5.41) is 0.649. The van der Waals surface area contributed by atoms with Crippen molar-refractivity contribution in [1.82, 2.24) is 4.90 Å². The van der Waals surface area contributed by atoms with Gasteiger partial charge in [-0.15, -0.1) is 0 Å². The van der Waals surface area contributed by atoms with Gasteiger partial charge in [0.05, 0.1) is 11.6 Å². The van der Waals surface area contributed by atoms with Crippen molar-refractivity contribution in [1.29, 1.82) is 0 Å². The minimum absolute atomic E-state index is 0.0780. The Labute approximate surface area is 128 Å². The summed E-state index contributed by atoms with van der Waals surface area (Å²) < 4.78 is 13.8. The van der Waals surface area contributed by atoms with Crippen molar-refractivity contribution in [3.05, 3.63) is 70.5 Å². The minimum Gasteiger partial charge on any atom is -0.331 e. The van der Waals surface area contributed by atoms with Gasteiger partial charge in [-0.2, -0.15) is 0 Å². The van der Waals surface area contributed by atoms with E-state index >= 15 is 0 Å². The number of likely N-dealkylation sites (tertiary alicyclic amines) is 1. The Morgan fingerprint density at radius 1 is 1.14 bits per heavy atom. The van der Waals surface area contributed by atoms with Crippen molar-refractivity contribution in [2.24, 2.45) is 0 Å². The molecule has 1 fully saturated rings. The molecule has 2 nitrogen and oxygen atoms in total. The van der Waals surface area contributed by atoms with E-state index < -0.39 is 5.82 Å². The molecule has 1 aliphatic heterocycles. The average Bonchev–Trinajstić information content (AvgIpc) is 2.97. The molecule has 21 heavy (non-hydrogen) atoms. The van der Waals surface area contributed by atoms with Crippen LogP contribution in [-0.2, 0) is 0 Å². The quantitative estimate of drug-likeness (QED) is 0.802. The highest BCUT2D eigenvalue weighted by Crippen LogP contribution is 2.36. The molecule has 0 aliphatic carbocycles. The fraction of sp³-hybridized carbons (Fsp3) is 0.235. The van der Waals surface area contributed by atoms with Crippen LogP contribution in [0.2, 0.25) is 5.02 Å². The Balaban J connectivity index is 1.93. The second kappa shape index (κ2) is 5.86. The van der Waals surface area contributed by atoms with Crippen LogP contribution in [-0.4, -0.2) is 17.4 Å². The molecule has 2 aromatic carbocycles. The number of hydrogen-bond acceptors (Lipinski definition) is 1. The van der Waals surface area contributed by atoms with Gasteiger partial charge >= 0.3 is 0 Å². The normalized spacial score (nSPS) is 18.0. The predicted molar refractivity (Wildman–Crippen MR) is 80.9 cm³/mol. The maximum Gasteiger partial charge on any atom is 0.257 e. The van der Waals surface area contributed by atoms with Gasteiger partial charge in [-0.3, -0.25) is 4.79 Å². The third kappa shape index (κ3) is 2.66. The molecule has 0 N–H and O–H groups in total. The van der Waals surface area contributed by atoms with Gasteiger partial charge in [0.15, 0.2) is 0 Å². The van der Waals surface area contributed by atoms with Crippen LogP contribution in [0.25, 0.3) is 0 Å². The van der Waals surface area contributed by atoms with E-state index in [4.69, 9.17) is 11.6 Å². The fourth-order valence-corrected chi connectivity index (χ4v) is 3.13. The van der Waals surface area contributed by atoms with E-state index in [1.54, 1.807) is 17.0 Å². The minimum atomic E-state index is -0.479. The first-order chi connectivity index (χ1) is 10.2. The molecule has 0 unspecified atom stereocenters. The molecule has 1 atom stereocenters. The predicted octanol–water partition coefficient (Wildman–Crippen LogP) is 4.46. The highest BCUT2D eigenvalue weighted by molar-refractivity contribution is 6.31. The maximum absolute atomic E-state index is 13.8. The highest BCUT2D eigenvalue weighted by atomic mass is 35.5. The lowest BCUT2D eigenvalue weighted by Gasteiger charge is -2.26. The lowest BCUT2D eigenvalue weighted by molar-refractivity contribution is 0.0731. The van der Waals surface area contributed by atoms with Gasteiger partial charge < -0.3 is 4.90 Å². The summed E-state index contributed by atoms with van der Waals surface area (Å²) in [7, 11) is 0. The largest absolute Gasteiger partial charge is 0.331 e.